The van der Waals surface area contributed by atoms with Gasteiger partial charge in [-0.05, 0) is 82.3 Å². The average Bonchev–Trinajstić information content (AvgIpc) is 3.36. The van der Waals surface area contributed by atoms with Crippen LogP contribution in [-0.2, 0) is 0 Å². The third-order valence-corrected chi connectivity index (χ3v) is 7.31. The molecule has 2 unspecified atom stereocenters. The van der Waals surface area contributed by atoms with Crippen LogP contribution in [0.5, 0.6) is 11.5 Å². The average molecular weight is 485 g/mol. The van der Waals surface area contributed by atoms with Crippen LogP contribution in [0.4, 0.5) is 0 Å². The number of hydrogen-bond donors (Lipinski definition) is 0. The van der Waals surface area contributed by atoms with E-state index in [1.165, 1.54) is 31.1 Å². The van der Waals surface area contributed by atoms with Crippen molar-refractivity contribution in [3.8, 4) is 11.5 Å². The second kappa shape index (κ2) is 10.8. The molecule has 182 valence electrons. The predicted molar refractivity (Wildman–Crippen MR) is 134 cm³/mol. The van der Waals surface area contributed by atoms with Crippen LogP contribution in [0, 0.1) is 0 Å². The molecule has 5 rings (SSSR count). The van der Waals surface area contributed by atoms with E-state index in [9.17, 15) is 4.79 Å². The van der Waals surface area contributed by atoms with Crippen LogP contribution in [-0.4, -0.2) is 48.2 Å². The van der Waals surface area contributed by atoms with Crippen molar-refractivity contribution in [1.29, 1.82) is 0 Å². The van der Waals surface area contributed by atoms with Crippen LogP contribution in [0.1, 0.15) is 67.4 Å². The highest BCUT2D eigenvalue weighted by Gasteiger charge is 2.41. The van der Waals surface area contributed by atoms with Crippen molar-refractivity contribution in [3.63, 3.8) is 0 Å². The molecule has 3 aromatic rings. The lowest BCUT2D eigenvalue weighted by Crippen LogP contribution is -2.42. The van der Waals surface area contributed by atoms with Gasteiger partial charge in [-0.2, -0.15) is 0 Å². The first kappa shape index (κ1) is 24.6. The van der Waals surface area contributed by atoms with Crippen molar-refractivity contribution in [2.45, 2.75) is 63.5 Å². The molecule has 0 amide bonds. The summed E-state index contributed by atoms with van der Waals surface area (Å²) in [7, 11) is 1.60. The Morgan fingerprint density at radius 3 is 2.59 bits per heavy atom. The summed E-state index contributed by atoms with van der Waals surface area (Å²) in [6.45, 7) is 3.32. The number of methoxy groups -OCH3 is 1. The van der Waals surface area contributed by atoms with Gasteiger partial charge in [0.15, 0.2) is 22.9 Å². The maximum atomic E-state index is 11.6. The number of halogens is 1. The summed E-state index contributed by atoms with van der Waals surface area (Å²) in [6.07, 6.45) is 7.01. The summed E-state index contributed by atoms with van der Waals surface area (Å²) in [5, 5.41) is 5.63. The number of fused-ring (bicyclic) bond motifs is 3. The first-order valence-corrected chi connectivity index (χ1v) is 12.1. The van der Waals surface area contributed by atoms with E-state index in [0.29, 0.717) is 41.7 Å². The van der Waals surface area contributed by atoms with Gasteiger partial charge in [0.2, 0.25) is 0 Å². The standard InChI is InChI=1S/C27H32N2O4.ClH/c1-18(30)19-9-12-25(26(17-19)31-2)32-14-6-5-13-29-21-10-11-22(29)16-20(15-21)27-23-7-3-4-8-24(23)33-28-27;/h3-4,7-9,12,17,20-22H,5-6,10-11,13-16H2,1-2H3;1H. The lowest BCUT2D eigenvalue weighted by molar-refractivity contribution is 0.101. The molecule has 2 aliphatic heterocycles. The number of benzene rings is 2. The number of hydrogen-bond acceptors (Lipinski definition) is 6. The van der Waals surface area contributed by atoms with E-state index in [4.69, 9.17) is 14.0 Å². The normalized spacial score (nSPS) is 21.9. The van der Waals surface area contributed by atoms with Crippen LogP contribution in [0.2, 0.25) is 0 Å². The van der Waals surface area contributed by atoms with Crippen LogP contribution in [0.25, 0.3) is 11.0 Å². The molecular weight excluding hydrogens is 452 g/mol. The number of para-hydroxylation sites is 1. The van der Waals surface area contributed by atoms with Gasteiger partial charge in [0.05, 0.1) is 19.4 Å². The van der Waals surface area contributed by atoms with Crippen molar-refractivity contribution in [2.24, 2.45) is 0 Å². The predicted octanol–water partition coefficient (Wildman–Crippen LogP) is 6.03. The largest absolute Gasteiger partial charge is 0.493 e. The van der Waals surface area contributed by atoms with Crippen molar-refractivity contribution in [3.05, 3.63) is 53.7 Å². The molecule has 34 heavy (non-hydrogen) atoms. The smallest absolute Gasteiger partial charge is 0.167 e. The molecule has 0 saturated carbocycles. The number of carbonyl (C=O) groups is 1. The number of unbranched alkanes of at least 4 members (excludes halogenated alkanes) is 1. The van der Waals surface area contributed by atoms with Gasteiger partial charge in [0.25, 0.3) is 0 Å². The number of rotatable bonds is 9. The second-order valence-electron chi connectivity index (χ2n) is 9.33. The van der Waals surface area contributed by atoms with Crippen LogP contribution in [0.3, 0.4) is 0 Å². The molecule has 2 aromatic carbocycles. The summed E-state index contributed by atoms with van der Waals surface area (Å²) in [4.78, 5) is 14.3. The van der Waals surface area contributed by atoms with Crippen molar-refractivity contribution in [1.82, 2.24) is 10.1 Å². The number of ketones is 1. The van der Waals surface area contributed by atoms with E-state index < -0.39 is 0 Å². The van der Waals surface area contributed by atoms with E-state index in [1.54, 1.807) is 26.2 Å². The molecule has 1 aromatic heterocycles. The molecule has 2 fully saturated rings. The summed E-state index contributed by atoms with van der Waals surface area (Å²) in [6, 6.07) is 14.9. The second-order valence-corrected chi connectivity index (χ2v) is 9.33. The summed E-state index contributed by atoms with van der Waals surface area (Å²) < 4.78 is 16.9. The van der Waals surface area contributed by atoms with Gasteiger partial charge in [-0.1, -0.05) is 17.3 Å². The van der Waals surface area contributed by atoms with Crippen molar-refractivity contribution < 1.29 is 18.8 Å². The molecule has 0 aliphatic carbocycles. The fourth-order valence-corrected chi connectivity index (χ4v) is 5.65. The fourth-order valence-electron chi connectivity index (χ4n) is 5.65. The Morgan fingerprint density at radius 1 is 1.09 bits per heavy atom. The first-order chi connectivity index (χ1) is 16.1. The monoisotopic (exact) mass is 484 g/mol. The summed E-state index contributed by atoms with van der Waals surface area (Å²) in [5.41, 5.74) is 2.69. The minimum absolute atomic E-state index is 0. The van der Waals surface area contributed by atoms with Crippen molar-refractivity contribution >= 4 is 29.2 Å². The Hall–Kier alpha value is -2.57. The van der Waals surface area contributed by atoms with Gasteiger partial charge >= 0.3 is 0 Å². The zero-order valence-electron chi connectivity index (χ0n) is 19.9. The molecule has 0 radical (unpaired) electrons. The fraction of sp³-hybridized carbons (Fsp3) is 0.481. The van der Waals surface area contributed by atoms with E-state index >= 15 is 0 Å². The summed E-state index contributed by atoms with van der Waals surface area (Å²) in [5.74, 6) is 1.83. The third-order valence-electron chi connectivity index (χ3n) is 7.31. The zero-order valence-corrected chi connectivity index (χ0v) is 20.7. The highest BCUT2D eigenvalue weighted by molar-refractivity contribution is 5.94. The minimum atomic E-state index is 0. The number of aromatic nitrogens is 1. The lowest BCUT2D eigenvalue weighted by atomic mass is 9.86. The SMILES string of the molecule is COc1cc(C(C)=O)ccc1OCCCCN1C2CCC1CC(c1noc3ccccc13)C2.Cl. The Labute approximate surface area is 207 Å². The Bertz CT molecular complexity index is 1120. The summed E-state index contributed by atoms with van der Waals surface area (Å²) >= 11 is 0. The van der Waals surface area contributed by atoms with Crippen molar-refractivity contribution in [2.75, 3.05) is 20.3 Å². The van der Waals surface area contributed by atoms with E-state index in [-0.39, 0.29) is 18.2 Å². The Morgan fingerprint density at radius 2 is 1.85 bits per heavy atom. The van der Waals surface area contributed by atoms with Crippen LogP contribution < -0.4 is 9.47 Å². The molecule has 0 N–H and O–H groups in total. The van der Waals surface area contributed by atoms with E-state index in [1.807, 2.05) is 18.2 Å². The number of Topliss-reactive ketones (excluding diaryl/α,β-unsaturated/α-hetero) is 1. The van der Waals surface area contributed by atoms with Gasteiger partial charge in [-0.3, -0.25) is 9.69 Å². The molecule has 0 spiro atoms. The number of nitrogens with zero attached hydrogens (tertiary/aromatic N) is 2. The Balaban J connectivity index is 0.00000274. The lowest BCUT2D eigenvalue weighted by Gasteiger charge is -2.38. The third kappa shape index (κ3) is 4.93. The number of piperidine rings is 1. The molecular formula is C27H33ClN2O4. The maximum Gasteiger partial charge on any atom is 0.167 e. The molecule has 2 saturated heterocycles. The van der Waals surface area contributed by atoms with E-state index in [2.05, 4.69) is 22.2 Å². The highest BCUT2D eigenvalue weighted by Crippen LogP contribution is 2.44. The topological polar surface area (TPSA) is 64.8 Å². The van der Waals surface area contributed by atoms with Gasteiger partial charge in [0.1, 0.15) is 0 Å². The van der Waals surface area contributed by atoms with Crippen LogP contribution in [0.15, 0.2) is 47.0 Å². The first-order valence-electron chi connectivity index (χ1n) is 12.1. The van der Waals surface area contributed by atoms with E-state index in [0.717, 1.165) is 30.7 Å². The molecule has 2 aliphatic rings. The molecule has 6 nitrogen and oxygen atoms in total. The number of ether oxygens (including phenoxy) is 2. The molecule has 2 bridgehead atoms. The Kier molecular flexibility index (Phi) is 7.79. The van der Waals surface area contributed by atoms with Gasteiger partial charge in [0, 0.05) is 29.0 Å². The maximum absolute atomic E-state index is 11.6. The van der Waals surface area contributed by atoms with Gasteiger partial charge in [-0.15, -0.1) is 12.4 Å². The number of carbonyl (C=O) groups excluding carboxylic acids is 1. The minimum Gasteiger partial charge on any atom is -0.493 e. The van der Waals surface area contributed by atoms with Gasteiger partial charge in [-0.25, -0.2) is 0 Å². The highest BCUT2D eigenvalue weighted by atomic mass is 35.5. The van der Waals surface area contributed by atoms with Gasteiger partial charge < -0.3 is 14.0 Å². The zero-order chi connectivity index (χ0) is 22.8. The molecule has 2 atom stereocenters. The van der Waals surface area contributed by atoms with Crippen LogP contribution >= 0.6 is 12.4 Å². The quantitative estimate of drug-likeness (QED) is 0.273. The molecule has 3 heterocycles. The molecule has 7 heteroatoms.